The minimum absolute atomic E-state index is 0.0450. The van der Waals surface area contributed by atoms with Crippen molar-refractivity contribution in [3.63, 3.8) is 0 Å². The summed E-state index contributed by atoms with van der Waals surface area (Å²) in [6.45, 7) is 4.48. The second-order valence-electron chi connectivity index (χ2n) is 9.94. The molecule has 0 aliphatic carbocycles. The van der Waals surface area contributed by atoms with Gasteiger partial charge in [-0.2, -0.15) is 0 Å². The first-order valence-electron chi connectivity index (χ1n) is 14.7. The molecule has 0 heterocycles. The van der Waals surface area contributed by atoms with E-state index in [2.05, 4.69) is 26.0 Å². The molecule has 0 aromatic carbocycles. The minimum atomic E-state index is -0.700. The van der Waals surface area contributed by atoms with Crippen molar-refractivity contribution < 1.29 is 19.4 Å². The van der Waals surface area contributed by atoms with Gasteiger partial charge >= 0.3 is 11.9 Å². The van der Waals surface area contributed by atoms with Crippen molar-refractivity contribution in [1.29, 1.82) is 0 Å². The van der Waals surface area contributed by atoms with E-state index >= 15 is 0 Å². The number of rotatable bonds is 26. The molecule has 0 aromatic heterocycles. The molecule has 1 atom stereocenters. The zero-order chi connectivity index (χ0) is 25.1. The van der Waals surface area contributed by atoms with Crippen LogP contribution in [0.15, 0.2) is 12.2 Å². The number of carbonyl (C=O) groups excluding carboxylic acids is 1. The van der Waals surface area contributed by atoms with Gasteiger partial charge < -0.3 is 9.84 Å². The van der Waals surface area contributed by atoms with Gasteiger partial charge in [0.05, 0.1) is 0 Å². The van der Waals surface area contributed by atoms with E-state index in [4.69, 9.17) is 9.84 Å². The van der Waals surface area contributed by atoms with Gasteiger partial charge in [0.1, 0.15) is 6.10 Å². The highest BCUT2D eigenvalue weighted by atomic mass is 16.5. The first kappa shape index (κ1) is 32.7. The predicted molar refractivity (Wildman–Crippen MR) is 144 cm³/mol. The summed E-state index contributed by atoms with van der Waals surface area (Å²) in [5.41, 5.74) is 0. The van der Waals surface area contributed by atoms with Gasteiger partial charge in [-0.1, -0.05) is 116 Å². The number of carbonyl (C=O) groups is 2. The fourth-order valence-corrected chi connectivity index (χ4v) is 4.27. The first-order valence-corrected chi connectivity index (χ1v) is 14.7. The van der Waals surface area contributed by atoms with Crippen LogP contribution in [-0.2, 0) is 14.3 Å². The van der Waals surface area contributed by atoms with E-state index in [9.17, 15) is 9.59 Å². The van der Waals surface area contributed by atoms with Gasteiger partial charge in [0.15, 0.2) is 0 Å². The molecule has 4 heteroatoms. The summed E-state index contributed by atoms with van der Waals surface area (Å²) in [5.74, 6) is -0.745. The Labute approximate surface area is 211 Å². The number of ether oxygens (including phenoxy) is 1. The minimum Gasteiger partial charge on any atom is -0.481 e. The zero-order valence-electron chi connectivity index (χ0n) is 22.7. The van der Waals surface area contributed by atoms with Crippen LogP contribution in [-0.4, -0.2) is 23.1 Å². The highest BCUT2D eigenvalue weighted by molar-refractivity contribution is 5.69. The van der Waals surface area contributed by atoms with Gasteiger partial charge in [0.25, 0.3) is 0 Å². The molecule has 0 aromatic rings. The van der Waals surface area contributed by atoms with E-state index in [1.807, 2.05) is 0 Å². The number of carboxylic acids is 1. The van der Waals surface area contributed by atoms with Crippen LogP contribution in [0.2, 0.25) is 0 Å². The Hall–Kier alpha value is -1.32. The number of esters is 1. The van der Waals surface area contributed by atoms with Crippen LogP contribution < -0.4 is 0 Å². The Kier molecular flexibility index (Phi) is 25.3. The lowest BCUT2D eigenvalue weighted by Crippen LogP contribution is -2.16. The molecule has 34 heavy (non-hydrogen) atoms. The Balaban J connectivity index is 4.16. The summed E-state index contributed by atoms with van der Waals surface area (Å²) in [7, 11) is 0. The summed E-state index contributed by atoms with van der Waals surface area (Å²) < 4.78 is 5.84. The second-order valence-corrected chi connectivity index (χ2v) is 9.94. The Morgan fingerprint density at radius 1 is 0.647 bits per heavy atom. The molecule has 0 rings (SSSR count). The molecule has 0 aliphatic heterocycles. The molecular formula is C30H56O4. The van der Waals surface area contributed by atoms with E-state index in [1.165, 1.54) is 70.6 Å². The number of aliphatic carboxylic acids is 1. The summed E-state index contributed by atoms with van der Waals surface area (Å²) in [6, 6.07) is 0. The molecule has 1 N–H and O–H groups in total. The maximum Gasteiger partial charge on any atom is 0.306 e. The Morgan fingerprint density at radius 3 is 1.68 bits per heavy atom. The van der Waals surface area contributed by atoms with Crippen LogP contribution >= 0.6 is 0 Å². The highest BCUT2D eigenvalue weighted by Gasteiger charge is 2.11. The Bertz CT molecular complexity index is 486. The van der Waals surface area contributed by atoms with Crippen LogP contribution in [0.25, 0.3) is 0 Å². The number of hydrogen-bond donors (Lipinski definition) is 1. The van der Waals surface area contributed by atoms with Crippen LogP contribution in [0.5, 0.6) is 0 Å². The van der Waals surface area contributed by atoms with E-state index in [0.717, 1.165) is 64.2 Å². The SMILES string of the molecule is CCCCCCCC/C=C\C(CCCCCCCCC(=O)O)OC(=O)CCCCCCCCC. The highest BCUT2D eigenvalue weighted by Crippen LogP contribution is 2.15. The van der Waals surface area contributed by atoms with E-state index in [-0.39, 0.29) is 18.5 Å². The molecule has 0 radical (unpaired) electrons. The van der Waals surface area contributed by atoms with Gasteiger partial charge in [0, 0.05) is 12.8 Å². The monoisotopic (exact) mass is 480 g/mol. The third-order valence-corrected chi connectivity index (χ3v) is 6.47. The van der Waals surface area contributed by atoms with E-state index in [1.54, 1.807) is 0 Å². The maximum absolute atomic E-state index is 12.4. The van der Waals surface area contributed by atoms with Crippen molar-refractivity contribution in [2.24, 2.45) is 0 Å². The van der Waals surface area contributed by atoms with Crippen molar-refractivity contribution in [1.82, 2.24) is 0 Å². The lowest BCUT2D eigenvalue weighted by Gasteiger charge is -2.15. The molecular weight excluding hydrogens is 424 g/mol. The summed E-state index contributed by atoms with van der Waals surface area (Å²) in [5, 5.41) is 8.70. The molecule has 0 saturated heterocycles. The largest absolute Gasteiger partial charge is 0.481 e. The van der Waals surface area contributed by atoms with E-state index < -0.39 is 5.97 Å². The zero-order valence-corrected chi connectivity index (χ0v) is 22.7. The van der Waals surface area contributed by atoms with E-state index in [0.29, 0.717) is 6.42 Å². The van der Waals surface area contributed by atoms with Gasteiger partial charge in [-0.25, -0.2) is 0 Å². The maximum atomic E-state index is 12.4. The fraction of sp³-hybridized carbons (Fsp3) is 0.867. The summed E-state index contributed by atoms with van der Waals surface area (Å²) >= 11 is 0. The van der Waals surface area contributed by atoms with Gasteiger partial charge in [-0.15, -0.1) is 0 Å². The average molecular weight is 481 g/mol. The number of hydrogen-bond acceptors (Lipinski definition) is 3. The molecule has 0 fully saturated rings. The van der Waals surface area contributed by atoms with Crippen molar-refractivity contribution in [3.05, 3.63) is 12.2 Å². The number of carboxylic acid groups (broad SMARTS) is 1. The third kappa shape index (κ3) is 25.3. The van der Waals surface area contributed by atoms with Crippen LogP contribution in [0, 0.1) is 0 Å². The smallest absolute Gasteiger partial charge is 0.306 e. The predicted octanol–water partition coefficient (Wildman–Crippen LogP) is 9.55. The molecule has 0 aliphatic rings. The fourth-order valence-electron chi connectivity index (χ4n) is 4.27. The Morgan fingerprint density at radius 2 is 1.12 bits per heavy atom. The third-order valence-electron chi connectivity index (χ3n) is 6.47. The topological polar surface area (TPSA) is 63.6 Å². The van der Waals surface area contributed by atoms with Gasteiger partial charge in [-0.3, -0.25) is 9.59 Å². The molecule has 200 valence electrons. The summed E-state index contributed by atoms with van der Waals surface area (Å²) in [6.07, 6.45) is 29.4. The lowest BCUT2D eigenvalue weighted by molar-refractivity contribution is -0.147. The first-order chi connectivity index (χ1) is 16.6. The van der Waals surface area contributed by atoms with Crippen LogP contribution in [0.1, 0.15) is 162 Å². The molecule has 0 saturated carbocycles. The van der Waals surface area contributed by atoms with Gasteiger partial charge in [-0.05, 0) is 44.6 Å². The van der Waals surface area contributed by atoms with Gasteiger partial charge in [0.2, 0.25) is 0 Å². The molecule has 0 bridgehead atoms. The number of allylic oxidation sites excluding steroid dienone is 1. The molecule has 1 unspecified atom stereocenters. The van der Waals surface area contributed by atoms with Crippen LogP contribution in [0.4, 0.5) is 0 Å². The number of unbranched alkanes of at least 4 members (excludes halogenated alkanes) is 17. The molecule has 0 amide bonds. The average Bonchev–Trinajstić information content (AvgIpc) is 2.81. The molecule has 4 nitrogen and oxygen atoms in total. The van der Waals surface area contributed by atoms with Crippen molar-refractivity contribution in [2.45, 2.75) is 168 Å². The lowest BCUT2D eigenvalue weighted by atomic mass is 10.0. The van der Waals surface area contributed by atoms with Crippen molar-refractivity contribution in [3.8, 4) is 0 Å². The quantitative estimate of drug-likeness (QED) is 0.0760. The molecule has 0 spiro atoms. The second kappa shape index (κ2) is 26.3. The standard InChI is InChI=1S/C30H56O4/c1-3-5-7-9-11-13-16-20-24-28(25-21-17-14-15-18-22-26-29(31)32)34-30(33)27-23-19-12-10-8-6-4-2/h20,24,28H,3-19,21-23,25-27H2,1-2H3,(H,31,32)/b24-20-. The van der Waals surface area contributed by atoms with Crippen LogP contribution in [0.3, 0.4) is 0 Å². The van der Waals surface area contributed by atoms with Crippen molar-refractivity contribution >= 4 is 11.9 Å². The normalized spacial score (nSPS) is 12.3. The van der Waals surface area contributed by atoms with Crippen molar-refractivity contribution in [2.75, 3.05) is 0 Å². The summed E-state index contributed by atoms with van der Waals surface area (Å²) in [4.78, 5) is 23.0.